The molecule has 1 heterocycles. The molecule has 2 rings (SSSR count). The van der Waals surface area contributed by atoms with E-state index < -0.39 is 11.0 Å². The summed E-state index contributed by atoms with van der Waals surface area (Å²) in [4.78, 5) is 26.0. The van der Waals surface area contributed by atoms with Crippen molar-refractivity contribution < 1.29 is 14.3 Å². The lowest BCUT2D eigenvalue weighted by Gasteiger charge is -2.48. The van der Waals surface area contributed by atoms with Gasteiger partial charge in [0.05, 0.1) is 5.41 Å². The summed E-state index contributed by atoms with van der Waals surface area (Å²) < 4.78 is 6.06. The quantitative estimate of drug-likeness (QED) is 0.782. The molecule has 116 valence electrons. The van der Waals surface area contributed by atoms with Gasteiger partial charge >= 0.3 is 6.09 Å². The SMILES string of the molecule is CC(C)(C)OC(=O)N1CC2(CC(CN)=CC(Br)=CC2=O)C1. The smallest absolute Gasteiger partial charge is 0.410 e. The highest BCUT2D eigenvalue weighted by Crippen LogP contribution is 2.41. The van der Waals surface area contributed by atoms with Crippen molar-refractivity contribution in [2.24, 2.45) is 11.1 Å². The van der Waals surface area contributed by atoms with Crippen LogP contribution >= 0.6 is 15.9 Å². The zero-order valence-electron chi connectivity index (χ0n) is 12.6. The number of carbonyl (C=O) groups excluding carboxylic acids is 2. The van der Waals surface area contributed by atoms with Gasteiger partial charge in [-0.1, -0.05) is 21.5 Å². The molecule has 1 fully saturated rings. The van der Waals surface area contributed by atoms with Crippen molar-refractivity contribution in [2.75, 3.05) is 19.6 Å². The van der Waals surface area contributed by atoms with Gasteiger partial charge in [-0.2, -0.15) is 0 Å². The molecule has 5 nitrogen and oxygen atoms in total. The summed E-state index contributed by atoms with van der Waals surface area (Å²) in [6.07, 6.45) is 3.69. The van der Waals surface area contributed by atoms with E-state index in [0.717, 1.165) is 10.1 Å². The van der Waals surface area contributed by atoms with Gasteiger partial charge in [-0.15, -0.1) is 0 Å². The fourth-order valence-electron chi connectivity index (χ4n) is 2.63. The van der Waals surface area contributed by atoms with Crippen molar-refractivity contribution in [2.45, 2.75) is 32.8 Å². The molecule has 0 bridgehead atoms. The predicted octanol–water partition coefficient (Wildman–Crippen LogP) is 2.36. The molecule has 1 amide bonds. The topological polar surface area (TPSA) is 72.6 Å². The Labute approximate surface area is 133 Å². The maximum absolute atomic E-state index is 12.4. The lowest BCUT2D eigenvalue weighted by molar-refractivity contribution is -0.133. The first-order valence-corrected chi connectivity index (χ1v) is 7.74. The number of hydrogen-bond donors (Lipinski definition) is 1. The minimum atomic E-state index is -0.544. The molecular weight excluding hydrogens is 336 g/mol. The number of likely N-dealkylation sites (tertiary alicyclic amines) is 1. The Morgan fingerprint density at radius 3 is 2.57 bits per heavy atom. The van der Waals surface area contributed by atoms with E-state index in [9.17, 15) is 9.59 Å². The predicted molar refractivity (Wildman–Crippen MR) is 84.0 cm³/mol. The Balaban J connectivity index is 2.08. The molecule has 6 heteroatoms. The summed E-state index contributed by atoms with van der Waals surface area (Å²) in [7, 11) is 0. The van der Waals surface area contributed by atoms with Crippen LogP contribution in [0.15, 0.2) is 22.2 Å². The van der Waals surface area contributed by atoms with Crippen LogP contribution in [-0.4, -0.2) is 42.0 Å². The fraction of sp³-hybridized carbons (Fsp3) is 0.600. The molecule has 0 saturated carbocycles. The van der Waals surface area contributed by atoms with E-state index in [2.05, 4.69) is 15.9 Å². The number of carbonyl (C=O) groups is 2. The van der Waals surface area contributed by atoms with Gasteiger partial charge < -0.3 is 15.4 Å². The van der Waals surface area contributed by atoms with Crippen molar-refractivity contribution in [1.29, 1.82) is 0 Å². The molecule has 2 aliphatic rings. The second-order valence-corrected chi connectivity index (χ2v) is 7.61. The summed E-state index contributed by atoms with van der Waals surface area (Å²) in [6.45, 7) is 6.65. The Morgan fingerprint density at radius 2 is 2.05 bits per heavy atom. The van der Waals surface area contributed by atoms with Gasteiger partial charge in [0.2, 0.25) is 0 Å². The van der Waals surface area contributed by atoms with Gasteiger partial charge in [0, 0.05) is 24.1 Å². The highest BCUT2D eigenvalue weighted by Gasteiger charge is 2.51. The molecule has 0 atom stereocenters. The van der Waals surface area contributed by atoms with Crippen molar-refractivity contribution in [3.8, 4) is 0 Å². The minimum absolute atomic E-state index is 0.0360. The summed E-state index contributed by atoms with van der Waals surface area (Å²) in [5, 5.41) is 0. The monoisotopic (exact) mass is 356 g/mol. The highest BCUT2D eigenvalue weighted by molar-refractivity contribution is 9.11. The first-order valence-electron chi connectivity index (χ1n) is 6.94. The van der Waals surface area contributed by atoms with Gasteiger partial charge in [0.1, 0.15) is 5.60 Å². The third-order valence-corrected chi connectivity index (χ3v) is 4.06. The average molecular weight is 357 g/mol. The second-order valence-electron chi connectivity index (χ2n) is 6.69. The molecule has 0 unspecified atom stereocenters. The number of halogens is 1. The van der Waals surface area contributed by atoms with Crippen LogP contribution in [-0.2, 0) is 9.53 Å². The zero-order valence-corrected chi connectivity index (χ0v) is 14.2. The van der Waals surface area contributed by atoms with Crippen LogP contribution in [0.2, 0.25) is 0 Å². The van der Waals surface area contributed by atoms with Crippen LogP contribution in [0.4, 0.5) is 4.79 Å². The van der Waals surface area contributed by atoms with Crippen LogP contribution in [0.25, 0.3) is 0 Å². The normalized spacial score (nSPS) is 21.4. The van der Waals surface area contributed by atoms with Crippen LogP contribution in [0.5, 0.6) is 0 Å². The molecule has 1 saturated heterocycles. The van der Waals surface area contributed by atoms with E-state index in [0.29, 0.717) is 26.1 Å². The summed E-state index contributed by atoms with van der Waals surface area (Å²) in [5.74, 6) is 0.0360. The Bertz CT molecular complexity index is 526. The number of allylic oxidation sites excluding steroid dienone is 3. The van der Waals surface area contributed by atoms with Crippen molar-refractivity contribution >= 4 is 27.8 Å². The summed E-state index contributed by atoms with van der Waals surface area (Å²) in [5.41, 5.74) is 5.66. The van der Waals surface area contributed by atoms with Gasteiger partial charge in [-0.3, -0.25) is 4.79 Å². The second kappa shape index (κ2) is 5.57. The molecule has 0 aromatic heterocycles. The van der Waals surface area contributed by atoms with E-state index in [1.54, 1.807) is 11.0 Å². The molecule has 21 heavy (non-hydrogen) atoms. The first kappa shape index (κ1) is 16.2. The Morgan fingerprint density at radius 1 is 1.43 bits per heavy atom. The molecule has 1 aliphatic carbocycles. The van der Waals surface area contributed by atoms with E-state index in [4.69, 9.17) is 10.5 Å². The van der Waals surface area contributed by atoms with Gasteiger partial charge in [0.15, 0.2) is 5.78 Å². The molecule has 2 N–H and O–H groups in total. The van der Waals surface area contributed by atoms with Crippen LogP contribution in [0.3, 0.4) is 0 Å². The lowest BCUT2D eigenvalue weighted by Crippen LogP contribution is -2.62. The molecule has 0 aromatic rings. The van der Waals surface area contributed by atoms with Crippen LogP contribution in [0.1, 0.15) is 27.2 Å². The number of ether oxygens (including phenoxy) is 1. The van der Waals surface area contributed by atoms with E-state index in [-0.39, 0.29) is 11.9 Å². The zero-order chi connectivity index (χ0) is 15.8. The van der Waals surface area contributed by atoms with Gasteiger partial charge in [0.25, 0.3) is 0 Å². The van der Waals surface area contributed by atoms with E-state index in [1.807, 2.05) is 26.8 Å². The maximum Gasteiger partial charge on any atom is 0.410 e. The molecular formula is C15H21BrN2O3. The van der Waals surface area contributed by atoms with Gasteiger partial charge in [-0.25, -0.2) is 4.79 Å². The van der Waals surface area contributed by atoms with Gasteiger partial charge in [-0.05, 0) is 39.3 Å². The molecule has 0 aromatic carbocycles. The summed E-state index contributed by atoms with van der Waals surface area (Å²) >= 11 is 3.35. The summed E-state index contributed by atoms with van der Waals surface area (Å²) in [6, 6.07) is 0. The maximum atomic E-state index is 12.4. The number of nitrogens with two attached hydrogens (primary N) is 1. The average Bonchev–Trinajstić information content (AvgIpc) is 2.40. The van der Waals surface area contributed by atoms with Crippen molar-refractivity contribution in [3.05, 3.63) is 22.2 Å². The Hall–Kier alpha value is -1.14. The van der Waals surface area contributed by atoms with E-state index >= 15 is 0 Å². The minimum Gasteiger partial charge on any atom is -0.444 e. The number of nitrogens with zero attached hydrogens (tertiary/aromatic N) is 1. The van der Waals surface area contributed by atoms with Crippen LogP contribution in [0, 0.1) is 5.41 Å². The number of amides is 1. The molecule has 1 aliphatic heterocycles. The molecule has 1 spiro atoms. The lowest BCUT2D eigenvalue weighted by atomic mass is 9.72. The third kappa shape index (κ3) is 3.55. The number of hydrogen-bond acceptors (Lipinski definition) is 4. The van der Waals surface area contributed by atoms with Crippen molar-refractivity contribution in [3.63, 3.8) is 0 Å². The standard InChI is InChI=1S/C15H21BrN2O3/c1-14(2,3)21-13(20)18-8-15(9-18)6-10(7-17)4-11(16)5-12(15)19/h4-5H,6-9,17H2,1-3H3. The fourth-order valence-corrected chi connectivity index (χ4v) is 3.16. The first-order chi connectivity index (χ1) is 9.65. The third-order valence-electron chi connectivity index (χ3n) is 3.60. The van der Waals surface area contributed by atoms with E-state index in [1.165, 1.54) is 0 Å². The van der Waals surface area contributed by atoms with Crippen molar-refractivity contribution in [1.82, 2.24) is 4.90 Å². The largest absolute Gasteiger partial charge is 0.444 e. The number of ketones is 1. The van der Waals surface area contributed by atoms with Crippen LogP contribution < -0.4 is 5.73 Å². The highest BCUT2D eigenvalue weighted by atomic mass is 79.9. The Kier molecular flexibility index (Phi) is 4.31. The molecule has 0 radical (unpaired) electrons. The number of rotatable bonds is 1.